The minimum absolute atomic E-state index is 0. The van der Waals surface area contributed by atoms with Gasteiger partial charge in [0, 0.05) is 37.2 Å². The van der Waals surface area contributed by atoms with Crippen LogP contribution in [-0.4, -0.2) is 50.3 Å². The topological polar surface area (TPSA) is 36.9 Å². The van der Waals surface area contributed by atoms with E-state index in [4.69, 9.17) is 4.74 Å². The number of ether oxygens (including phenoxy) is 1. The minimum Gasteiger partial charge on any atom is -0.381 e. The molecule has 24 heavy (non-hydrogen) atoms. The summed E-state index contributed by atoms with van der Waals surface area (Å²) >= 11 is 0. The molecule has 0 saturated carbocycles. The van der Waals surface area contributed by atoms with E-state index < -0.39 is 0 Å². The van der Waals surface area contributed by atoms with Gasteiger partial charge in [-0.2, -0.15) is 0 Å². The van der Waals surface area contributed by atoms with Crippen molar-refractivity contribution in [1.82, 2.24) is 10.2 Å². The lowest BCUT2D eigenvalue weighted by Gasteiger charge is -2.24. The Morgan fingerprint density at radius 1 is 1.33 bits per heavy atom. The zero-order valence-electron chi connectivity index (χ0n) is 14.3. The Kier molecular flexibility index (Phi) is 7.38. The van der Waals surface area contributed by atoms with Crippen molar-refractivity contribution in [2.24, 2.45) is 10.4 Å². The third-order valence-corrected chi connectivity index (χ3v) is 4.57. The number of hydrogen-bond donors (Lipinski definition) is 1. The molecule has 2 aliphatic rings. The molecule has 0 radical (unpaired) electrons. The van der Waals surface area contributed by atoms with E-state index in [1.165, 1.54) is 12.8 Å². The van der Waals surface area contributed by atoms with Crippen LogP contribution in [-0.2, 0) is 4.74 Å². The van der Waals surface area contributed by atoms with Crippen molar-refractivity contribution in [3.63, 3.8) is 0 Å². The lowest BCUT2D eigenvalue weighted by molar-refractivity contribution is 0.156. The van der Waals surface area contributed by atoms with Crippen LogP contribution >= 0.6 is 24.0 Å². The second kappa shape index (κ2) is 9.28. The molecule has 1 aromatic carbocycles. The highest BCUT2D eigenvalue weighted by Crippen LogP contribution is 2.38. The Balaban J connectivity index is 0.00000208. The molecule has 0 bridgehead atoms. The molecule has 1 unspecified atom stereocenters. The van der Waals surface area contributed by atoms with Crippen molar-refractivity contribution in [3.05, 3.63) is 35.9 Å². The first-order valence-corrected chi connectivity index (χ1v) is 8.46. The van der Waals surface area contributed by atoms with E-state index in [9.17, 15) is 0 Å². The van der Waals surface area contributed by atoms with Crippen LogP contribution in [0.5, 0.6) is 0 Å². The molecule has 2 saturated heterocycles. The number of hydrogen-bond acceptors (Lipinski definition) is 2. The van der Waals surface area contributed by atoms with Crippen molar-refractivity contribution >= 4 is 29.9 Å². The molecule has 4 nitrogen and oxygen atoms in total. The largest absolute Gasteiger partial charge is 0.381 e. The molecule has 1 atom stereocenters. The van der Waals surface area contributed by atoms with Gasteiger partial charge in [-0.3, -0.25) is 0 Å². The van der Waals surface area contributed by atoms with Gasteiger partial charge >= 0.3 is 0 Å². The minimum atomic E-state index is 0. The molecule has 1 N–H and O–H groups in total. The first kappa shape index (κ1) is 19.1. The number of nitrogens with zero attached hydrogens (tertiary/aromatic N) is 2. The summed E-state index contributed by atoms with van der Waals surface area (Å²) < 4.78 is 5.61. The lowest BCUT2D eigenvalue weighted by atomic mass is 9.87. The first-order valence-electron chi connectivity index (χ1n) is 8.46. The number of likely N-dealkylation sites (tertiary alicyclic amines) is 1. The predicted octanol–water partition coefficient (Wildman–Crippen LogP) is 2.73. The highest BCUT2D eigenvalue weighted by atomic mass is 127. The van der Waals surface area contributed by atoms with Crippen LogP contribution in [0, 0.1) is 17.3 Å². The monoisotopic (exact) mass is 439 g/mol. The Morgan fingerprint density at radius 2 is 2.17 bits per heavy atom. The summed E-state index contributed by atoms with van der Waals surface area (Å²) in [6.07, 6.45) is 2.38. The first-order chi connectivity index (χ1) is 11.3. The van der Waals surface area contributed by atoms with Gasteiger partial charge in [0.05, 0.1) is 6.61 Å². The summed E-state index contributed by atoms with van der Waals surface area (Å²) in [5, 5.41) is 3.40. The van der Waals surface area contributed by atoms with Gasteiger partial charge in [-0.1, -0.05) is 30.0 Å². The van der Waals surface area contributed by atoms with E-state index in [2.05, 4.69) is 34.0 Å². The van der Waals surface area contributed by atoms with Crippen molar-refractivity contribution in [1.29, 1.82) is 0 Å². The average Bonchev–Trinajstić information content (AvgIpc) is 3.22. The van der Waals surface area contributed by atoms with Crippen LogP contribution in [0.25, 0.3) is 0 Å². The molecular weight excluding hydrogens is 413 g/mol. The molecule has 2 fully saturated rings. The summed E-state index contributed by atoms with van der Waals surface area (Å²) in [6.45, 7) is 7.42. The van der Waals surface area contributed by atoms with Crippen molar-refractivity contribution < 1.29 is 4.74 Å². The number of halogens is 1. The van der Waals surface area contributed by atoms with E-state index in [-0.39, 0.29) is 24.0 Å². The smallest absolute Gasteiger partial charge is 0.194 e. The van der Waals surface area contributed by atoms with Gasteiger partial charge in [0.2, 0.25) is 0 Å². The SMILES string of the molecule is CCNC(=NCC#Cc1ccccc1)N1CCC2(CCOC2)C1.I. The Labute approximate surface area is 162 Å². The molecule has 1 aromatic rings. The van der Waals surface area contributed by atoms with Crippen LogP contribution in [0.2, 0.25) is 0 Å². The standard InChI is InChI=1S/C19H25N3O.HI/c1-2-20-18(21-12-6-9-17-7-4-3-5-8-17)22-13-10-19(15-22)11-14-23-16-19;/h3-5,7-8H,2,10-16H2,1H3,(H,20,21);1H. The summed E-state index contributed by atoms with van der Waals surface area (Å²) in [7, 11) is 0. The highest BCUT2D eigenvalue weighted by molar-refractivity contribution is 14.0. The number of nitrogens with one attached hydrogen (secondary N) is 1. The van der Waals surface area contributed by atoms with Crippen molar-refractivity contribution in [2.75, 3.05) is 39.4 Å². The van der Waals surface area contributed by atoms with Gasteiger partial charge in [0.1, 0.15) is 6.54 Å². The van der Waals surface area contributed by atoms with Gasteiger partial charge in [0.15, 0.2) is 5.96 Å². The molecule has 2 aliphatic heterocycles. The normalized spacial score (nSPS) is 22.9. The lowest BCUT2D eigenvalue weighted by Crippen LogP contribution is -2.41. The molecule has 0 aliphatic carbocycles. The van der Waals surface area contributed by atoms with E-state index in [1.807, 2.05) is 30.3 Å². The quantitative estimate of drug-likeness (QED) is 0.333. The van der Waals surface area contributed by atoms with Crippen molar-refractivity contribution in [2.45, 2.75) is 19.8 Å². The van der Waals surface area contributed by atoms with Crippen LogP contribution in [0.3, 0.4) is 0 Å². The van der Waals surface area contributed by atoms with Gasteiger partial charge in [-0.05, 0) is 31.9 Å². The second-order valence-corrected chi connectivity index (χ2v) is 6.31. The molecule has 5 heteroatoms. The second-order valence-electron chi connectivity index (χ2n) is 6.31. The zero-order valence-corrected chi connectivity index (χ0v) is 16.6. The van der Waals surface area contributed by atoms with Crippen LogP contribution < -0.4 is 5.32 Å². The fourth-order valence-corrected chi connectivity index (χ4v) is 3.29. The van der Waals surface area contributed by atoms with Gasteiger partial charge in [0.25, 0.3) is 0 Å². The maximum Gasteiger partial charge on any atom is 0.194 e. The highest BCUT2D eigenvalue weighted by Gasteiger charge is 2.42. The maximum atomic E-state index is 5.61. The van der Waals surface area contributed by atoms with Crippen LogP contribution in [0.15, 0.2) is 35.3 Å². The number of guanidine groups is 1. The summed E-state index contributed by atoms with van der Waals surface area (Å²) in [6, 6.07) is 10.1. The average molecular weight is 439 g/mol. The molecular formula is C19H26IN3O. The predicted molar refractivity (Wildman–Crippen MR) is 109 cm³/mol. The summed E-state index contributed by atoms with van der Waals surface area (Å²) in [5.74, 6) is 7.29. The van der Waals surface area contributed by atoms with E-state index in [0.29, 0.717) is 12.0 Å². The van der Waals surface area contributed by atoms with Gasteiger partial charge < -0.3 is 15.0 Å². The fourth-order valence-electron chi connectivity index (χ4n) is 3.29. The fraction of sp³-hybridized carbons (Fsp3) is 0.526. The molecule has 2 heterocycles. The molecule has 130 valence electrons. The molecule has 1 spiro atoms. The van der Waals surface area contributed by atoms with Crippen LogP contribution in [0.4, 0.5) is 0 Å². The summed E-state index contributed by atoms with van der Waals surface area (Å²) in [5.41, 5.74) is 1.39. The van der Waals surface area contributed by atoms with E-state index in [1.54, 1.807) is 0 Å². The summed E-state index contributed by atoms with van der Waals surface area (Å²) in [4.78, 5) is 7.05. The van der Waals surface area contributed by atoms with E-state index >= 15 is 0 Å². The van der Waals surface area contributed by atoms with E-state index in [0.717, 1.165) is 44.4 Å². The molecule has 0 aromatic heterocycles. The van der Waals surface area contributed by atoms with Crippen molar-refractivity contribution in [3.8, 4) is 11.8 Å². The molecule has 0 amide bonds. The Hall–Kier alpha value is -1.26. The number of rotatable bonds is 2. The Morgan fingerprint density at radius 3 is 2.88 bits per heavy atom. The third-order valence-electron chi connectivity index (χ3n) is 4.57. The third kappa shape index (κ3) is 4.87. The molecule has 3 rings (SSSR count). The van der Waals surface area contributed by atoms with Gasteiger partial charge in [-0.25, -0.2) is 4.99 Å². The number of benzene rings is 1. The Bertz CT molecular complexity index is 600. The number of aliphatic imine (C=N–C) groups is 1. The van der Waals surface area contributed by atoms with Crippen LogP contribution in [0.1, 0.15) is 25.3 Å². The zero-order chi connectivity index (χ0) is 16.0. The maximum absolute atomic E-state index is 5.61. The van der Waals surface area contributed by atoms with Gasteiger partial charge in [-0.15, -0.1) is 24.0 Å².